The third kappa shape index (κ3) is 4.66. The maximum absolute atomic E-state index is 11.8. The third-order valence-corrected chi connectivity index (χ3v) is 3.10. The number of ether oxygens (including phenoxy) is 2. The van der Waals surface area contributed by atoms with Crippen LogP contribution >= 0.6 is 0 Å². The highest BCUT2D eigenvalue weighted by atomic mass is 16.5. The number of nitrogens with one attached hydrogen (secondary N) is 1. The van der Waals surface area contributed by atoms with Gasteiger partial charge in [0.25, 0.3) is 5.91 Å². The number of aliphatic carboxylic acids is 1. The molecule has 0 aliphatic carbocycles. The lowest BCUT2D eigenvalue weighted by atomic mass is 9.99. The molecule has 1 atom stereocenters. The largest absolute Gasteiger partial charge is 0.490 e. The Kier molecular flexibility index (Phi) is 6.02. The number of para-hydroxylation sites is 2. The highest BCUT2D eigenvalue weighted by Crippen LogP contribution is 2.26. The van der Waals surface area contributed by atoms with Crippen LogP contribution in [0.1, 0.15) is 27.2 Å². The number of carbonyl (C=O) groups excluding carboxylic acids is 1. The van der Waals surface area contributed by atoms with E-state index in [-0.39, 0.29) is 13.0 Å². The van der Waals surface area contributed by atoms with E-state index in [0.717, 1.165) is 0 Å². The molecule has 0 saturated heterocycles. The molecule has 1 rings (SSSR count). The number of hydrogen-bond donors (Lipinski definition) is 2. The van der Waals surface area contributed by atoms with E-state index in [9.17, 15) is 9.59 Å². The Bertz CT molecular complexity index is 503. The minimum atomic E-state index is -1.29. The average molecular weight is 295 g/mol. The van der Waals surface area contributed by atoms with Gasteiger partial charge in [-0.25, -0.2) is 4.79 Å². The van der Waals surface area contributed by atoms with Gasteiger partial charge in [-0.05, 0) is 32.4 Å². The Morgan fingerprint density at radius 2 is 1.76 bits per heavy atom. The van der Waals surface area contributed by atoms with E-state index in [2.05, 4.69) is 5.32 Å². The van der Waals surface area contributed by atoms with Gasteiger partial charge in [0.2, 0.25) is 0 Å². The summed E-state index contributed by atoms with van der Waals surface area (Å²) in [6.07, 6.45) is 0.281. The van der Waals surface area contributed by atoms with Gasteiger partial charge < -0.3 is 19.9 Å². The van der Waals surface area contributed by atoms with Crippen LogP contribution < -0.4 is 14.8 Å². The Hall–Kier alpha value is -2.24. The van der Waals surface area contributed by atoms with E-state index in [1.54, 1.807) is 31.2 Å². The highest BCUT2D eigenvalue weighted by molar-refractivity contribution is 5.87. The molecule has 21 heavy (non-hydrogen) atoms. The molecule has 0 saturated carbocycles. The third-order valence-electron chi connectivity index (χ3n) is 3.10. The summed E-state index contributed by atoms with van der Waals surface area (Å²) in [6.45, 7) is 5.22. The summed E-state index contributed by atoms with van der Waals surface area (Å²) in [5.41, 5.74) is -1.29. The van der Waals surface area contributed by atoms with E-state index in [0.29, 0.717) is 18.1 Å². The normalized spacial score (nSPS) is 13.1. The van der Waals surface area contributed by atoms with Crippen molar-refractivity contribution in [3.63, 3.8) is 0 Å². The lowest BCUT2D eigenvalue weighted by Crippen LogP contribution is -2.53. The molecular formula is C15H21NO5. The Balaban J connectivity index is 2.63. The summed E-state index contributed by atoms with van der Waals surface area (Å²) in [5, 5.41) is 11.6. The lowest BCUT2D eigenvalue weighted by Gasteiger charge is -2.24. The highest BCUT2D eigenvalue weighted by Gasteiger charge is 2.32. The summed E-state index contributed by atoms with van der Waals surface area (Å²) >= 11 is 0. The number of rotatable bonds is 8. The molecule has 0 spiro atoms. The van der Waals surface area contributed by atoms with E-state index in [1.807, 2.05) is 6.92 Å². The maximum Gasteiger partial charge on any atom is 0.329 e. The molecule has 0 aromatic heterocycles. The second-order valence-electron chi connectivity index (χ2n) is 4.71. The molecule has 6 heteroatoms. The predicted molar refractivity (Wildman–Crippen MR) is 77.6 cm³/mol. The molecule has 0 fully saturated rings. The molecule has 0 bridgehead atoms. The fraction of sp³-hybridized carbons (Fsp3) is 0.467. The summed E-state index contributed by atoms with van der Waals surface area (Å²) in [6, 6.07) is 7.00. The van der Waals surface area contributed by atoms with Crippen molar-refractivity contribution in [2.24, 2.45) is 0 Å². The van der Waals surface area contributed by atoms with Crippen molar-refractivity contribution in [3.05, 3.63) is 24.3 Å². The summed E-state index contributed by atoms with van der Waals surface area (Å²) in [4.78, 5) is 23.0. The number of amides is 1. The zero-order valence-corrected chi connectivity index (χ0v) is 12.5. The van der Waals surface area contributed by atoms with Crippen LogP contribution in [0, 0.1) is 0 Å². The second-order valence-corrected chi connectivity index (χ2v) is 4.71. The molecule has 1 aromatic rings. The number of hydrogen-bond acceptors (Lipinski definition) is 4. The Labute approximate surface area is 124 Å². The van der Waals surface area contributed by atoms with Crippen LogP contribution in [-0.2, 0) is 9.59 Å². The van der Waals surface area contributed by atoms with Crippen LogP contribution in [-0.4, -0.2) is 35.7 Å². The summed E-state index contributed by atoms with van der Waals surface area (Å²) in [7, 11) is 0. The van der Waals surface area contributed by atoms with Crippen molar-refractivity contribution < 1.29 is 24.2 Å². The van der Waals surface area contributed by atoms with Gasteiger partial charge in [0.05, 0.1) is 6.61 Å². The number of carbonyl (C=O) groups is 2. The van der Waals surface area contributed by atoms with Crippen molar-refractivity contribution >= 4 is 11.9 Å². The molecule has 1 unspecified atom stereocenters. The van der Waals surface area contributed by atoms with Crippen LogP contribution in [0.25, 0.3) is 0 Å². The zero-order chi connectivity index (χ0) is 15.9. The Morgan fingerprint density at radius 3 is 2.24 bits per heavy atom. The second kappa shape index (κ2) is 7.52. The first kappa shape index (κ1) is 16.8. The minimum Gasteiger partial charge on any atom is -0.490 e. The van der Waals surface area contributed by atoms with Crippen molar-refractivity contribution in [1.29, 1.82) is 0 Å². The van der Waals surface area contributed by atoms with E-state index >= 15 is 0 Å². The van der Waals surface area contributed by atoms with Crippen LogP contribution in [0.2, 0.25) is 0 Å². The van der Waals surface area contributed by atoms with Crippen LogP contribution in [0.5, 0.6) is 11.5 Å². The molecular weight excluding hydrogens is 274 g/mol. The molecule has 1 amide bonds. The molecule has 0 aliphatic rings. The summed E-state index contributed by atoms with van der Waals surface area (Å²) in [5.74, 6) is -0.576. The fourth-order valence-electron chi connectivity index (χ4n) is 1.62. The Morgan fingerprint density at radius 1 is 1.19 bits per heavy atom. The van der Waals surface area contributed by atoms with Crippen LogP contribution in [0.15, 0.2) is 24.3 Å². The van der Waals surface area contributed by atoms with E-state index in [4.69, 9.17) is 14.6 Å². The van der Waals surface area contributed by atoms with Gasteiger partial charge in [-0.1, -0.05) is 19.1 Å². The standard InChI is InChI=1S/C15H21NO5/c1-4-15(3,14(18)19)16-13(17)10-21-12-9-7-6-8-11(12)20-5-2/h6-9H,4-5,10H2,1-3H3,(H,16,17)(H,18,19). The predicted octanol–water partition coefficient (Wildman–Crippen LogP) is 1.83. The number of carboxylic acids is 1. The van der Waals surface area contributed by atoms with Gasteiger partial charge in [0.15, 0.2) is 18.1 Å². The first-order chi connectivity index (χ1) is 9.92. The van der Waals surface area contributed by atoms with Gasteiger partial charge in [0, 0.05) is 0 Å². The molecule has 0 aliphatic heterocycles. The first-order valence-corrected chi connectivity index (χ1v) is 6.82. The van der Waals surface area contributed by atoms with Gasteiger partial charge in [-0.3, -0.25) is 4.79 Å². The van der Waals surface area contributed by atoms with Crippen molar-refractivity contribution in [3.8, 4) is 11.5 Å². The summed E-state index contributed by atoms with van der Waals surface area (Å²) < 4.78 is 10.8. The zero-order valence-electron chi connectivity index (χ0n) is 12.5. The quantitative estimate of drug-likeness (QED) is 0.764. The fourth-order valence-corrected chi connectivity index (χ4v) is 1.62. The van der Waals surface area contributed by atoms with Gasteiger partial charge in [-0.2, -0.15) is 0 Å². The van der Waals surface area contributed by atoms with Gasteiger partial charge in [-0.15, -0.1) is 0 Å². The molecule has 2 N–H and O–H groups in total. The molecule has 1 aromatic carbocycles. The van der Waals surface area contributed by atoms with Crippen LogP contribution in [0.4, 0.5) is 0 Å². The van der Waals surface area contributed by atoms with Gasteiger partial charge in [0.1, 0.15) is 5.54 Å². The average Bonchev–Trinajstić information content (AvgIpc) is 2.46. The lowest BCUT2D eigenvalue weighted by molar-refractivity contribution is -0.147. The van der Waals surface area contributed by atoms with E-state index < -0.39 is 17.4 Å². The smallest absolute Gasteiger partial charge is 0.329 e. The minimum absolute atomic E-state index is 0.271. The molecule has 0 radical (unpaired) electrons. The molecule has 0 heterocycles. The topological polar surface area (TPSA) is 84.9 Å². The first-order valence-electron chi connectivity index (χ1n) is 6.82. The van der Waals surface area contributed by atoms with Crippen molar-refractivity contribution in [2.75, 3.05) is 13.2 Å². The van der Waals surface area contributed by atoms with Crippen LogP contribution in [0.3, 0.4) is 0 Å². The van der Waals surface area contributed by atoms with Crippen molar-refractivity contribution in [1.82, 2.24) is 5.32 Å². The SMILES string of the molecule is CCOc1ccccc1OCC(=O)NC(C)(CC)C(=O)O. The monoisotopic (exact) mass is 295 g/mol. The van der Waals surface area contributed by atoms with Gasteiger partial charge >= 0.3 is 5.97 Å². The molecule has 116 valence electrons. The molecule has 6 nitrogen and oxygen atoms in total. The maximum atomic E-state index is 11.8. The van der Waals surface area contributed by atoms with E-state index in [1.165, 1.54) is 6.92 Å². The number of benzene rings is 1. The van der Waals surface area contributed by atoms with Crippen molar-refractivity contribution in [2.45, 2.75) is 32.7 Å². The number of carboxylic acid groups (broad SMARTS) is 1.